The van der Waals surface area contributed by atoms with Gasteiger partial charge in [0.15, 0.2) is 0 Å². The molecule has 0 heterocycles. The Bertz CT molecular complexity index is 410. The van der Waals surface area contributed by atoms with Crippen LogP contribution in [0.4, 0.5) is 4.39 Å². The monoisotopic (exact) mass is 296 g/mol. The molecule has 0 aromatic heterocycles. The third kappa shape index (κ3) is 7.55. The van der Waals surface area contributed by atoms with Crippen LogP contribution in [-0.2, 0) is 0 Å². The van der Waals surface area contributed by atoms with Crippen LogP contribution in [0.25, 0.3) is 0 Å². The molecule has 120 valence electrons. The van der Waals surface area contributed by atoms with Gasteiger partial charge in [-0.15, -0.1) is 0 Å². The Labute approximate surface area is 128 Å². The molecule has 1 aromatic rings. The van der Waals surface area contributed by atoms with E-state index in [1.807, 2.05) is 0 Å². The van der Waals surface area contributed by atoms with Gasteiger partial charge in [-0.1, -0.05) is 26.0 Å². The molecule has 0 aliphatic rings. The van der Waals surface area contributed by atoms with Gasteiger partial charge in [0.25, 0.3) is 0 Å². The lowest BCUT2D eigenvalue weighted by Crippen LogP contribution is -2.35. The average molecular weight is 296 g/mol. The van der Waals surface area contributed by atoms with Crippen LogP contribution in [-0.4, -0.2) is 55.2 Å². The molecule has 0 fully saturated rings. The fourth-order valence-corrected chi connectivity index (χ4v) is 2.34. The third-order valence-electron chi connectivity index (χ3n) is 3.44. The van der Waals surface area contributed by atoms with E-state index in [-0.39, 0.29) is 5.82 Å². The van der Waals surface area contributed by atoms with E-state index in [9.17, 15) is 9.50 Å². The first-order valence-corrected chi connectivity index (χ1v) is 7.69. The van der Waals surface area contributed by atoms with Gasteiger partial charge in [-0.3, -0.25) is 0 Å². The minimum absolute atomic E-state index is 0.293. The Balaban J connectivity index is 2.50. The molecule has 1 aromatic carbocycles. The van der Waals surface area contributed by atoms with Gasteiger partial charge in [-0.2, -0.15) is 0 Å². The number of hydrogen-bond donors (Lipinski definition) is 1. The van der Waals surface area contributed by atoms with Crippen molar-refractivity contribution >= 4 is 0 Å². The molecule has 0 aliphatic heterocycles. The highest BCUT2D eigenvalue weighted by atomic mass is 19.1. The van der Waals surface area contributed by atoms with Crippen molar-refractivity contribution < 1.29 is 9.50 Å². The number of aliphatic hydroxyl groups excluding tert-OH is 1. The van der Waals surface area contributed by atoms with E-state index in [1.165, 1.54) is 12.1 Å². The highest BCUT2D eigenvalue weighted by molar-refractivity contribution is 5.18. The summed E-state index contributed by atoms with van der Waals surface area (Å²) in [6.07, 6.45) is 0.0265. The van der Waals surface area contributed by atoms with Crippen LogP contribution in [0.15, 0.2) is 24.3 Å². The van der Waals surface area contributed by atoms with E-state index >= 15 is 0 Å². The normalized spacial score (nSPS) is 13.4. The first-order valence-electron chi connectivity index (χ1n) is 7.69. The Kier molecular flexibility index (Phi) is 7.86. The van der Waals surface area contributed by atoms with Gasteiger partial charge in [-0.05, 0) is 44.1 Å². The predicted octanol–water partition coefficient (Wildman–Crippen LogP) is 2.77. The fourth-order valence-electron chi connectivity index (χ4n) is 2.34. The van der Waals surface area contributed by atoms with Crippen LogP contribution in [0.1, 0.15) is 31.9 Å². The summed E-state index contributed by atoms with van der Waals surface area (Å²) < 4.78 is 13.2. The topological polar surface area (TPSA) is 26.7 Å². The Morgan fingerprint density at radius 2 is 1.86 bits per heavy atom. The van der Waals surface area contributed by atoms with Crippen molar-refractivity contribution in [2.45, 2.75) is 26.4 Å². The molecule has 21 heavy (non-hydrogen) atoms. The average Bonchev–Trinajstić information content (AvgIpc) is 2.40. The lowest BCUT2D eigenvalue weighted by atomic mass is 10.1. The van der Waals surface area contributed by atoms with E-state index < -0.39 is 6.10 Å². The maximum atomic E-state index is 13.2. The van der Waals surface area contributed by atoms with Crippen LogP contribution >= 0.6 is 0 Å². The summed E-state index contributed by atoms with van der Waals surface area (Å²) in [4.78, 5) is 4.53. The third-order valence-corrected chi connectivity index (χ3v) is 3.44. The quantitative estimate of drug-likeness (QED) is 0.759. The predicted molar refractivity (Wildman–Crippen MR) is 85.8 cm³/mol. The molecule has 3 nitrogen and oxygen atoms in total. The lowest BCUT2D eigenvalue weighted by molar-refractivity contribution is 0.133. The zero-order valence-corrected chi connectivity index (χ0v) is 13.7. The molecule has 0 amide bonds. The number of likely N-dealkylation sites (N-methyl/N-ethyl adjacent to an activating group) is 1. The SMILES string of the molecule is CC(C)CN(CCC(O)c1cccc(F)c1)CCN(C)C. The first-order chi connectivity index (χ1) is 9.88. The molecule has 1 N–H and O–H groups in total. The molecular weight excluding hydrogens is 267 g/mol. The van der Waals surface area contributed by atoms with E-state index in [4.69, 9.17) is 0 Å². The van der Waals surface area contributed by atoms with Crippen molar-refractivity contribution in [3.05, 3.63) is 35.6 Å². The van der Waals surface area contributed by atoms with Crippen molar-refractivity contribution in [2.75, 3.05) is 40.3 Å². The first kappa shape index (κ1) is 18.1. The molecule has 4 heteroatoms. The Hall–Kier alpha value is -0.970. The number of aliphatic hydroxyl groups is 1. The van der Waals surface area contributed by atoms with Crippen LogP contribution in [0.2, 0.25) is 0 Å². The summed E-state index contributed by atoms with van der Waals surface area (Å²) >= 11 is 0. The summed E-state index contributed by atoms with van der Waals surface area (Å²) in [5.41, 5.74) is 0.659. The van der Waals surface area contributed by atoms with Crippen molar-refractivity contribution in [1.29, 1.82) is 0 Å². The Morgan fingerprint density at radius 1 is 1.14 bits per heavy atom. The van der Waals surface area contributed by atoms with E-state index in [0.717, 1.165) is 26.2 Å². The molecule has 1 rings (SSSR count). The van der Waals surface area contributed by atoms with Gasteiger partial charge in [0.2, 0.25) is 0 Å². The number of rotatable bonds is 9. The van der Waals surface area contributed by atoms with Crippen LogP contribution < -0.4 is 0 Å². The molecule has 0 saturated heterocycles. The number of nitrogens with zero attached hydrogens (tertiary/aromatic N) is 2. The van der Waals surface area contributed by atoms with Crippen molar-refractivity contribution in [2.24, 2.45) is 5.92 Å². The number of benzene rings is 1. The molecular formula is C17H29FN2O. The zero-order chi connectivity index (χ0) is 15.8. The van der Waals surface area contributed by atoms with Crippen LogP contribution in [0.3, 0.4) is 0 Å². The van der Waals surface area contributed by atoms with Crippen molar-refractivity contribution in [3.8, 4) is 0 Å². The van der Waals surface area contributed by atoms with Crippen LogP contribution in [0.5, 0.6) is 0 Å². The summed E-state index contributed by atoms with van der Waals surface area (Å²) in [5.74, 6) is 0.302. The maximum absolute atomic E-state index is 13.2. The van der Waals surface area contributed by atoms with Crippen molar-refractivity contribution in [1.82, 2.24) is 9.80 Å². The minimum atomic E-state index is -0.602. The number of hydrogen-bond acceptors (Lipinski definition) is 3. The second-order valence-electron chi connectivity index (χ2n) is 6.36. The van der Waals surface area contributed by atoms with Crippen LogP contribution in [0, 0.1) is 11.7 Å². The second-order valence-corrected chi connectivity index (χ2v) is 6.36. The van der Waals surface area contributed by atoms with E-state index in [1.54, 1.807) is 12.1 Å². The molecule has 0 radical (unpaired) electrons. The molecule has 0 aliphatic carbocycles. The molecule has 1 unspecified atom stereocenters. The highest BCUT2D eigenvalue weighted by Crippen LogP contribution is 2.18. The maximum Gasteiger partial charge on any atom is 0.123 e. The molecule has 0 saturated carbocycles. The zero-order valence-electron chi connectivity index (χ0n) is 13.7. The van der Waals surface area contributed by atoms with Gasteiger partial charge in [0, 0.05) is 26.2 Å². The summed E-state index contributed by atoms with van der Waals surface area (Å²) in [7, 11) is 4.13. The Morgan fingerprint density at radius 3 is 2.43 bits per heavy atom. The van der Waals surface area contributed by atoms with Gasteiger partial charge in [0.1, 0.15) is 5.82 Å². The van der Waals surface area contributed by atoms with E-state index in [2.05, 4.69) is 37.7 Å². The van der Waals surface area contributed by atoms with E-state index in [0.29, 0.717) is 17.9 Å². The smallest absolute Gasteiger partial charge is 0.123 e. The summed E-state index contributed by atoms with van der Waals surface area (Å²) in [6, 6.07) is 6.24. The molecule has 1 atom stereocenters. The standard InChI is InChI=1S/C17H29FN2O/c1-14(2)13-20(11-10-19(3)4)9-8-17(21)15-6-5-7-16(18)12-15/h5-7,12,14,17,21H,8-11,13H2,1-4H3. The molecule has 0 bridgehead atoms. The second kappa shape index (κ2) is 9.13. The van der Waals surface area contributed by atoms with Crippen molar-refractivity contribution in [3.63, 3.8) is 0 Å². The van der Waals surface area contributed by atoms with Gasteiger partial charge in [0.05, 0.1) is 6.10 Å². The fraction of sp³-hybridized carbons (Fsp3) is 0.647. The number of halogens is 1. The lowest BCUT2D eigenvalue weighted by Gasteiger charge is -2.26. The summed E-state index contributed by atoms with van der Waals surface area (Å²) in [5, 5.41) is 10.2. The van der Waals surface area contributed by atoms with Gasteiger partial charge < -0.3 is 14.9 Å². The van der Waals surface area contributed by atoms with Gasteiger partial charge >= 0.3 is 0 Å². The minimum Gasteiger partial charge on any atom is -0.388 e. The highest BCUT2D eigenvalue weighted by Gasteiger charge is 2.13. The van der Waals surface area contributed by atoms with Gasteiger partial charge in [-0.25, -0.2) is 4.39 Å². The molecule has 0 spiro atoms. The largest absolute Gasteiger partial charge is 0.388 e. The summed E-state index contributed by atoms with van der Waals surface area (Å²) in [6.45, 7) is 8.23.